The minimum Gasteiger partial charge on any atom is -0.462 e. The van der Waals surface area contributed by atoms with E-state index in [4.69, 9.17) is 4.74 Å². The van der Waals surface area contributed by atoms with Gasteiger partial charge in [-0.3, -0.25) is 4.79 Å². The first-order valence-electron chi connectivity index (χ1n) is 7.08. The number of nitrogens with zero attached hydrogens (tertiary/aromatic N) is 2. The number of carbonyl (C=O) groups is 1. The lowest BCUT2D eigenvalue weighted by molar-refractivity contribution is 0.0524. The van der Waals surface area contributed by atoms with Gasteiger partial charge in [-0.1, -0.05) is 0 Å². The van der Waals surface area contributed by atoms with Crippen LogP contribution in [0.5, 0.6) is 0 Å². The van der Waals surface area contributed by atoms with E-state index in [9.17, 15) is 23.6 Å². The lowest BCUT2D eigenvalue weighted by Gasteiger charge is -2.13. The van der Waals surface area contributed by atoms with Crippen molar-refractivity contribution in [2.24, 2.45) is 0 Å². The molecular weight excluding hydrogens is 306 g/mol. The molecule has 2 aromatic rings. The molecule has 0 amide bonds. The van der Waals surface area contributed by atoms with Gasteiger partial charge in [-0.25, -0.2) is 13.6 Å². The van der Waals surface area contributed by atoms with Crippen LogP contribution in [-0.2, 0) is 4.74 Å². The van der Waals surface area contributed by atoms with E-state index in [0.717, 1.165) is 12.3 Å². The van der Waals surface area contributed by atoms with Crippen LogP contribution >= 0.6 is 0 Å². The molecular formula is C16H12F2N2O3. The highest BCUT2D eigenvalue weighted by Crippen LogP contribution is 2.41. The summed E-state index contributed by atoms with van der Waals surface area (Å²) in [6.45, 7) is 1.68. The van der Waals surface area contributed by atoms with Crippen molar-refractivity contribution in [2.75, 3.05) is 6.61 Å². The van der Waals surface area contributed by atoms with Gasteiger partial charge in [0.25, 0.3) is 0 Å². The number of benzene rings is 1. The molecule has 0 N–H and O–H groups in total. The monoisotopic (exact) mass is 318 g/mol. The highest BCUT2D eigenvalue weighted by Gasteiger charge is 2.40. The summed E-state index contributed by atoms with van der Waals surface area (Å²) < 4.78 is 33.5. The van der Waals surface area contributed by atoms with Crippen molar-refractivity contribution in [3.8, 4) is 6.07 Å². The molecule has 2 atom stereocenters. The second-order valence-corrected chi connectivity index (χ2v) is 5.25. The Morgan fingerprint density at radius 2 is 2.22 bits per heavy atom. The first kappa shape index (κ1) is 15.2. The Bertz CT molecular complexity index is 914. The predicted molar refractivity (Wildman–Crippen MR) is 77.4 cm³/mol. The van der Waals surface area contributed by atoms with E-state index >= 15 is 0 Å². The van der Waals surface area contributed by atoms with Crippen molar-refractivity contribution in [3.63, 3.8) is 0 Å². The molecule has 0 radical (unpaired) electrons. The zero-order valence-electron chi connectivity index (χ0n) is 12.2. The van der Waals surface area contributed by atoms with Crippen molar-refractivity contribution < 1.29 is 18.3 Å². The summed E-state index contributed by atoms with van der Waals surface area (Å²) in [6.07, 6.45) is 0.181. The van der Waals surface area contributed by atoms with Crippen LogP contribution in [-0.4, -0.2) is 23.3 Å². The summed E-state index contributed by atoms with van der Waals surface area (Å²) in [6, 6.07) is 3.26. The Kier molecular flexibility index (Phi) is 3.60. The molecule has 0 spiro atoms. The van der Waals surface area contributed by atoms with E-state index in [2.05, 4.69) is 0 Å². The van der Waals surface area contributed by atoms with Gasteiger partial charge in [0.15, 0.2) is 0 Å². The molecule has 3 rings (SSSR count). The smallest absolute Gasteiger partial charge is 0.343 e. The van der Waals surface area contributed by atoms with Crippen LogP contribution in [0.1, 0.15) is 35.3 Å². The molecule has 23 heavy (non-hydrogen) atoms. The standard InChI is InChI=1S/C16H12F2N2O3/c1-2-23-16(22)10-7-20(13-5-12(13)18)14-8(15(10)21)3-4-11(17)9(14)6-19/h3-4,7,12-13H,2,5H2,1H3. The van der Waals surface area contributed by atoms with Gasteiger partial charge < -0.3 is 9.30 Å². The largest absolute Gasteiger partial charge is 0.462 e. The van der Waals surface area contributed by atoms with Gasteiger partial charge in [0.2, 0.25) is 5.43 Å². The van der Waals surface area contributed by atoms with Gasteiger partial charge >= 0.3 is 5.97 Å². The number of aromatic nitrogens is 1. The van der Waals surface area contributed by atoms with Gasteiger partial charge in [-0.15, -0.1) is 0 Å². The molecule has 1 aromatic heterocycles. The fourth-order valence-electron chi connectivity index (χ4n) is 2.59. The third-order valence-corrected chi connectivity index (χ3v) is 3.79. The number of rotatable bonds is 3. The zero-order chi connectivity index (χ0) is 16.7. The molecule has 0 aliphatic heterocycles. The van der Waals surface area contributed by atoms with Crippen LogP contribution in [0.4, 0.5) is 8.78 Å². The molecule has 1 heterocycles. The van der Waals surface area contributed by atoms with Crippen LogP contribution < -0.4 is 5.43 Å². The third-order valence-electron chi connectivity index (χ3n) is 3.79. The average molecular weight is 318 g/mol. The Labute approximate surface area is 129 Å². The van der Waals surface area contributed by atoms with Crippen LogP contribution in [0.3, 0.4) is 0 Å². The highest BCUT2D eigenvalue weighted by atomic mass is 19.1. The van der Waals surface area contributed by atoms with Crippen LogP contribution in [0.15, 0.2) is 23.1 Å². The second kappa shape index (κ2) is 5.47. The molecule has 1 aliphatic rings. The fraction of sp³-hybridized carbons (Fsp3) is 0.312. The molecule has 5 nitrogen and oxygen atoms in total. The highest BCUT2D eigenvalue weighted by molar-refractivity contribution is 5.95. The maximum absolute atomic E-state index is 13.9. The third kappa shape index (κ3) is 2.36. The quantitative estimate of drug-likeness (QED) is 0.815. The van der Waals surface area contributed by atoms with Crippen molar-refractivity contribution >= 4 is 16.9 Å². The summed E-state index contributed by atoms with van der Waals surface area (Å²) in [5.41, 5.74) is -1.25. The van der Waals surface area contributed by atoms with Gasteiger partial charge in [-0.2, -0.15) is 5.26 Å². The number of fused-ring (bicyclic) bond motifs is 1. The van der Waals surface area contributed by atoms with Crippen molar-refractivity contribution in [1.29, 1.82) is 5.26 Å². The Balaban J connectivity index is 2.38. The number of alkyl halides is 1. The summed E-state index contributed by atoms with van der Waals surface area (Å²) in [4.78, 5) is 24.4. The summed E-state index contributed by atoms with van der Waals surface area (Å²) in [7, 11) is 0. The Morgan fingerprint density at radius 3 is 2.78 bits per heavy atom. The Hall–Kier alpha value is -2.75. The van der Waals surface area contributed by atoms with E-state index in [1.165, 1.54) is 10.6 Å². The average Bonchev–Trinajstić information content (AvgIpc) is 3.24. The Morgan fingerprint density at radius 1 is 1.52 bits per heavy atom. The SMILES string of the molecule is CCOC(=O)c1cn(C2CC2F)c2c(C#N)c(F)ccc2c1=O. The zero-order valence-corrected chi connectivity index (χ0v) is 12.2. The minimum absolute atomic E-state index is 0.00685. The first-order valence-corrected chi connectivity index (χ1v) is 7.08. The molecule has 1 saturated carbocycles. The van der Waals surface area contributed by atoms with Gasteiger partial charge in [0, 0.05) is 18.0 Å². The van der Waals surface area contributed by atoms with Crippen molar-refractivity contribution in [2.45, 2.75) is 25.6 Å². The van der Waals surface area contributed by atoms with Crippen LogP contribution in [0.25, 0.3) is 10.9 Å². The molecule has 0 saturated heterocycles. The molecule has 118 valence electrons. The van der Waals surface area contributed by atoms with Crippen molar-refractivity contribution in [3.05, 3.63) is 45.5 Å². The van der Waals surface area contributed by atoms with Gasteiger partial charge in [0.1, 0.15) is 29.2 Å². The lowest BCUT2D eigenvalue weighted by atomic mass is 10.1. The topological polar surface area (TPSA) is 72.1 Å². The summed E-state index contributed by atoms with van der Waals surface area (Å²) in [5.74, 6) is -1.62. The normalized spacial score (nSPS) is 19.4. The number of esters is 1. The van der Waals surface area contributed by atoms with E-state index in [-0.39, 0.29) is 35.1 Å². The summed E-state index contributed by atoms with van der Waals surface area (Å²) in [5, 5.41) is 9.16. The number of halogens is 2. The molecule has 7 heteroatoms. The van der Waals surface area contributed by atoms with Crippen molar-refractivity contribution in [1.82, 2.24) is 4.57 Å². The molecule has 1 aromatic carbocycles. The molecule has 1 fully saturated rings. The number of carbonyl (C=O) groups excluding carboxylic acids is 1. The van der Waals surface area contributed by atoms with E-state index in [1.807, 2.05) is 0 Å². The lowest BCUT2D eigenvalue weighted by Crippen LogP contribution is -2.21. The molecule has 1 aliphatic carbocycles. The fourth-order valence-corrected chi connectivity index (χ4v) is 2.59. The van der Waals surface area contributed by atoms with Gasteiger partial charge in [0.05, 0.1) is 18.2 Å². The maximum atomic E-state index is 13.9. The van der Waals surface area contributed by atoms with Crippen LogP contribution in [0.2, 0.25) is 0 Å². The number of ether oxygens (including phenoxy) is 1. The minimum atomic E-state index is -1.16. The number of hydrogen-bond acceptors (Lipinski definition) is 4. The maximum Gasteiger partial charge on any atom is 0.343 e. The number of nitriles is 1. The molecule has 0 bridgehead atoms. The number of pyridine rings is 1. The second-order valence-electron chi connectivity index (χ2n) is 5.25. The number of hydrogen-bond donors (Lipinski definition) is 0. The predicted octanol–water partition coefficient (Wildman–Crippen LogP) is 2.47. The van der Waals surface area contributed by atoms with Crippen LogP contribution in [0, 0.1) is 17.1 Å². The summed E-state index contributed by atoms with van der Waals surface area (Å²) >= 11 is 0. The van der Waals surface area contributed by atoms with E-state index in [0.29, 0.717) is 0 Å². The van der Waals surface area contributed by atoms with E-state index in [1.54, 1.807) is 13.0 Å². The first-order chi connectivity index (χ1) is 11.0. The molecule has 2 unspecified atom stereocenters. The van der Waals surface area contributed by atoms with E-state index < -0.39 is 29.4 Å². The van der Waals surface area contributed by atoms with Gasteiger partial charge in [-0.05, 0) is 19.1 Å².